The van der Waals surface area contributed by atoms with Crippen LogP contribution in [-0.2, 0) is 11.2 Å². The van der Waals surface area contributed by atoms with E-state index in [0.29, 0.717) is 18.5 Å². The van der Waals surface area contributed by atoms with Crippen molar-refractivity contribution >= 4 is 38.3 Å². The van der Waals surface area contributed by atoms with E-state index in [4.69, 9.17) is 5.11 Å². The minimum atomic E-state index is -0.837. The molecule has 0 saturated carbocycles. The second kappa shape index (κ2) is 6.41. The van der Waals surface area contributed by atoms with Crippen LogP contribution in [0.5, 0.6) is 11.8 Å². The number of benzene rings is 4. The molecule has 0 aliphatic heterocycles. The predicted octanol–water partition coefficient (Wildman–Crippen LogP) is 5.19. The average Bonchev–Trinajstić information content (AvgIpc) is 3.04. The van der Waals surface area contributed by atoms with Crippen LogP contribution < -0.4 is 0 Å². The Hall–Kier alpha value is -3.73. The second-order valence-corrected chi connectivity index (χ2v) is 7.36. The van der Waals surface area contributed by atoms with Gasteiger partial charge in [-0.05, 0) is 56.8 Å². The van der Waals surface area contributed by atoms with Gasteiger partial charge in [-0.3, -0.25) is 9.36 Å². The average molecular weight is 385 g/mol. The highest BCUT2D eigenvalue weighted by Gasteiger charge is 2.19. The molecule has 144 valence electrons. The third kappa shape index (κ3) is 2.66. The number of rotatable bonds is 5. The maximum Gasteiger partial charge on any atom is 0.303 e. The highest BCUT2D eigenvalue weighted by Crippen LogP contribution is 2.40. The van der Waals surface area contributed by atoms with Gasteiger partial charge in [-0.2, -0.15) is 0 Å². The van der Waals surface area contributed by atoms with Crippen LogP contribution in [0.25, 0.3) is 38.0 Å². The Labute approximate surface area is 166 Å². The van der Waals surface area contributed by atoms with Crippen molar-refractivity contribution in [3.05, 3.63) is 66.2 Å². The molecule has 5 rings (SSSR count). The van der Waals surface area contributed by atoms with Crippen molar-refractivity contribution in [2.45, 2.75) is 19.3 Å². The van der Waals surface area contributed by atoms with Gasteiger partial charge in [-0.1, -0.05) is 42.5 Å². The molecule has 0 amide bonds. The van der Waals surface area contributed by atoms with Gasteiger partial charge in [-0.25, -0.2) is 0 Å². The van der Waals surface area contributed by atoms with E-state index in [1.165, 1.54) is 22.1 Å². The van der Waals surface area contributed by atoms with E-state index >= 15 is 0 Å². The molecule has 0 saturated heterocycles. The Morgan fingerprint density at radius 2 is 1.48 bits per heavy atom. The van der Waals surface area contributed by atoms with E-state index in [-0.39, 0.29) is 18.2 Å². The summed E-state index contributed by atoms with van der Waals surface area (Å²) in [7, 11) is 0. The van der Waals surface area contributed by atoms with Gasteiger partial charge in [0, 0.05) is 18.6 Å². The van der Waals surface area contributed by atoms with E-state index in [2.05, 4.69) is 30.3 Å². The van der Waals surface area contributed by atoms with Crippen molar-refractivity contribution in [3.63, 3.8) is 0 Å². The van der Waals surface area contributed by atoms with Crippen molar-refractivity contribution in [3.8, 4) is 17.4 Å². The molecule has 0 radical (unpaired) electrons. The van der Waals surface area contributed by atoms with Crippen LogP contribution >= 0.6 is 0 Å². The fourth-order valence-corrected chi connectivity index (χ4v) is 4.39. The van der Waals surface area contributed by atoms with E-state index in [0.717, 1.165) is 32.5 Å². The lowest BCUT2D eigenvalue weighted by Crippen LogP contribution is -2.03. The summed E-state index contributed by atoms with van der Waals surface area (Å²) in [4.78, 5) is 11.1. The number of hydrogen-bond donors (Lipinski definition) is 3. The van der Waals surface area contributed by atoms with Crippen LogP contribution in [0.2, 0.25) is 0 Å². The number of aromatic hydroxyl groups is 2. The number of carboxylic acid groups (broad SMARTS) is 1. The number of carboxylic acids is 1. The topological polar surface area (TPSA) is 82.7 Å². The molecule has 5 aromatic rings. The number of aliphatic carboxylic acids is 1. The van der Waals surface area contributed by atoms with E-state index < -0.39 is 5.97 Å². The standard InChI is InChI=1S/C24H19NO4/c26-20-11-12-21(27)25(20)19-13-16-8-7-14-3-1-4-15-9-10-18(24(16)23(14)15)17(19)5-2-6-22(28)29/h1,3-4,7-13,26-27H,2,5-6H2,(H,28,29). The molecule has 0 aliphatic carbocycles. The van der Waals surface area contributed by atoms with Crippen LogP contribution in [0.1, 0.15) is 18.4 Å². The third-order valence-corrected chi connectivity index (χ3v) is 5.63. The summed E-state index contributed by atoms with van der Waals surface area (Å²) in [5.41, 5.74) is 1.58. The number of aromatic nitrogens is 1. The minimum Gasteiger partial charge on any atom is -0.494 e. The summed E-state index contributed by atoms with van der Waals surface area (Å²) < 4.78 is 1.41. The summed E-state index contributed by atoms with van der Waals surface area (Å²) in [5.74, 6) is -0.958. The first-order valence-corrected chi connectivity index (χ1v) is 9.56. The van der Waals surface area contributed by atoms with Crippen LogP contribution in [0, 0.1) is 0 Å². The quantitative estimate of drug-likeness (QED) is 0.364. The highest BCUT2D eigenvalue weighted by atomic mass is 16.4. The van der Waals surface area contributed by atoms with Crippen LogP contribution in [-0.4, -0.2) is 25.9 Å². The molecule has 0 bridgehead atoms. The van der Waals surface area contributed by atoms with Crippen molar-refractivity contribution in [1.82, 2.24) is 4.57 Å². The van der Waals surface area contributed by atoms with Crippen LogP contribution in [0.3, 0.4) is 0 Å². The van der Waals surface area contributed by atoms with Crippen molar-refractivity contribution in [1.29, 1.82) is 0 Å². The van der Waals surface area contributed by atoms with E-state index in [1.807, 2.05) is 18.2 Å². The predicted molar refractivity (Wildman–Crippen MR) is 113 cm³/mol. The Morgan fingerprint density at radius 1 is 0.828 bits per heavy atom. The van der Waals surface area contributed by atoms with Crippen LogP contribution in [0.15, 0.2) is 60.7 Å². The lowest BCUT2D eigenvalue weighted by Gasteiger charge is -2.19. The van der Waals surface area contributed by atoms with Gasteiger partial charge in [0.1, 0.15) is 0 Å². The van der Waals surface area contributed by atoms with Gasteiger partial charge >= 0.3 is 5.97 Å². The lowest BCUT2D eigenvalue weighted by molar-refractivity contribution is -0.137. The van der Waals surface area contributed by atoms with E-state index in [1.54, 1.807) is 0 Å². The summed E-state index contributed by atoms with van der Waals surface area (Å²) in [6.45, 7) is 0. The monoisotopic (exact) mass is 385 g/mol. The Balaban J connectivity index is 1.86. The first-order chi connectivity index (χ1) is 14.0. The fourth-order valence-electron chi connectivity index (χ4n) is 4.39. The molecule has 0 unspecified atom stereocenters. The molecule has 1 heterocycles. The molecule has 29 heavy (non-hydrogen) atoms. The number of nitrogens with zero attached hydrogens (tertiary/aromatic N) is 1. The van der Waals surface area contributed by atoms with Crippen LogP contribution in [0.4, 0.5) is 0 Å². The zero-order valence-electron chi connectivity index (χ0n) is 15.6. The van der Waals surface area contributed by atoms with E-state index in [9.17, 15) is 15.0 Å². The molecule has 0 aliphatic rings. The molecule has 0 spiro atoms. The van der Waals surface area contributed by atoms with Crippen molar-refractivity contribution in [2.75, 3.05) is 0 Å². The maximum atomic E-state index is 11.1. The second-order valence-electron chi connectivity index (χ2n) is 7.36. The van der Waals surface area contributed by atoms with Gasteiger partial charge in [0.05, 0.1) is 5.69 Å². The molecule has 1 aromatic heterocycles. The molecule has 5 heteroatoms. The molecule has 5 nitrogen and oxygen atoms in total. The third-order valence-electron chi connectivity index (χ3n) is 5.63. The highest BCUT2D eigenvalue weighted by molar-refractivity contribution is 6.24. The summed E-state index contributed by atoms with van der Waals surface area (Å²) >= 11 is 0. The molecule has 0 atom stereocenters. The van der Waals surface area contributed by atoms with Gasteiger partial charge in [0.2, 0.25) is 0 Å². The SMILES string of the molecule is O=C(O)CCCc1c(-n2c(O)ccc2O)cc2ccc3cccc4ccc1c2c34. The zero-order valence-corrected chi connectivity index (χ0v) is 15.6. The smallest absolute Gasteiger partial charge is 0.303 e. The van der Waals surface area contributed by atoms with Gasteiger partial charge in [-0.15, -0.1) is 0 Å². The molecular formula is C24H19NO4. The molecular weight excluding hydrogens is 366 g/mol. The molecule has 4 aromatic carbocycles. The van der Waals surface area contributed by atoms with Gasteiger partial charge < -0.3 is 15.3 Å². The Bertz CT molecular complexity index is 1350. The minimum absolute atomic E-state index is 0.0604. The Kier molecular flexibility index (Phi) is 3.84. The lowest BCUT2D eigenvalue weighted by atomic mass is 9.89. The molecule has 0 fully saturated rings. The fraction of sp³-hybridized carbons (Fsp3) is 0.125. The molecule has 3 N–H and O–H groups in total. The largest absolute Gasteiger partial charge is 0.494 e. The number of aryl methyl sites for hydroxylation is 1. The Morgan fingerprint density at radius 3 is 2.17 bits per heavy atom. The summed E-state index contributed by atoms with van der Waals surface area (Å²) in [5, 5.41) is 36.4. The van der Waals surface area contributed by atoms with Crippen molar-refractivity contribution < 1.29 is 20.1 Å². The first kappa shape index (κ1) is 17.4. The number of hydrogen-bond acceptors (Lipinski definition) is 3. The number of carbonyl (C=O) groups is 1. The summed E-state index contributed by atoms with van der Waals surface area (Å²) in [6, 6.07) is 19.3. The normalized spacial score (nSPS) is 11.7. The zero-order chi connectivity index (χ0) is 20.1. The van der Waals surface area contributed by atoms with Gasteiger partial charge in [0.15, 0.2) is 11.8 Å². The van der Waals surface area contributed by atoms with Gasteiger partial charge in [0.25, 0.3) is 0 Å². The van der Waals surface area contributed by atoms with Crippen molar-refractivity contribution in [2.24, 2.45) is 0 Å². The summed E-state index contributed by atoms with van der Waals surface area (Å²) in [6.07, 6.45) is 1.05. The first-order valence-electron chi connectivity index (χ1n) is 9.56. The maximum absolute atomic E-state index is 11.1.